The first-order chi connectivity index (χ1) is 5.66. The lowest BCUT2D eigenvalue weighted by Gasteiger charge is -1.93. The van der Waals surface area contributed by atoms with Crippen molar-refractivity contribution in [2.75, 3.05) is 14.1 Å². The van der Waals surface area contributed by atoms with E-state index in [1.807, 2.05) is 18.2 Å². The molecule has 2 nitrogen and oxygen atoms in total. The second-order valence-electron chi connectivity index (χ2n) is 2.72. The van der Waals surface area contributed by atoms with Crippen molar-refractivity contribution in [2.45, 2.75) is 6.92 Å². The highest BCUT2D eigenvalue weighted by molar-refractivity contribution is 5.45. The summed E-state index contributed by atoms with van der Waals surface area (Å²) in [5.74, 6) is 0. The summed E-state index contributed by atoms with van der Waals surface area (Å²) in [6.45, 7) is 2.08. The van der Waals surface area contributed by atoms with Gasteiger partial charge in [0.1, 0.15) is 0 Å². The molecule has 0 bridgehead atoms. The molecule has 0 aromatic heterocycles. The minimum absolute atomic E-state index is 0.750. The Morgan fingerprint density at radius 3 is 1.75 bits per heavy atom. The van der Waals surface area contributed by atoms with E-state index in [-0.39, 0.29) is 0 Å². The van der Waals surface area contributed by atoms with Gasteiger partial charge in [0.2, 0.25) is 6.41 Å². The summed E-state index contributed by atoms with van der Waals surface area (Å²) in [7, 11) is 3.38. The fourth-order valence-corrected chi connectivity index (χ4v) is 0.534. The molecule has 0 heterocycles. The molecule has 0 saturated heterocycles. The van der Waals surface area contributed by atoms with Crippen molar-refractivity contribution in [3.8, 4) is 0 Å². The minimum atomic E-state index is 0.750. The number of carbonyl (C=O) groups is 1. The van der Waals surface area contributed by atoms with Gasteiger partial charge in [-0.1, -0.05) is 35.9 Å². The van der Waals surface area contributed by atoms with E-state index < -0.39 is 0 Å². The van der Waals surface area contributed by atoms with E-state index in [4.69, 9.17) is 0 Å². The molecule has 0 radical (unpaired) electrons. The van der Waals surface area contributed by atoms with Gasteiger partial charge in [0.05, 0.1) is 0 Å². The largest absolute Gasteiger partial charge is 0.351 e. The van der Waals surface area contributed by atoms with Gasteiger partial charge in [0.25, 0.3) is 0 Å². The normalized spacial score (nSPS) is 7.92. The van der Waals surface area contributed by atoms with Crippen LogP contribution in [0.2, 0.25) is 0 Å². The van der Waals surface area contributed by atoms with Crippen LogP contribution in [0.4, 0.5) is 0 Å². The van der Waals surface area contributed by atoms with Gasteiger partial charge in [-0.05, 0) is 6.92 Å². The quantitative estimate of drug-likeness (QED) is 0.580. The Morgan fingerprint density at radius 1 is 1.17 bits per heavy atom. The Hall–Kier alpha value is -1.31. The molecule has 0 spiro atoms. The van der Waals surface area contributed by atoms with Gasteiger partial charge in [0, 0.05) is 14.1 Å². The number of hydrogen-bond acceptors (Lipinski definition) is 1. The van der Waals surface area contributed by atoms with Gasteiger partial charge >= 0.3 is 0 Å². The maximum absolute atomic E-state index is 9.43. The average molecular weight is 165 g/mol. The molecular weight excluding hydrogens is 150 g/mol. The molecule has 0 aliphatic heterocycles. The van der Waals surface area contributed by atoms with Gasteiger partial charge in [-0.25, -0.2) is 0 Å². The Balaban J connectivity index is 0.000000217. The van der Waals surface area contributed by atoms with Gasteiger partial charge in [-0.15, -0.1) is 0 Å². The first-order valence-corrected chi connectivity index (χ1v) is 3.80. The number of rotatable bonds is 1. The third-order valence-electron chi connectivity index (χ3n) is 1.15. The predicted octanol–water partition coefficient (Wildman–Crippen LogP) is 1.70. The molecule has 12 heavy (non-hydrogen) atoms. The molecule has 0 saturated carbocycles. The van der Waals surface area contributed by atoms with Crippen LogP contribution in [0, 0.1) is 6.92 Å². The first-order valence-electron chi connectivity index (χ1n) is 3.80. The average Bonchev–Trinajstić information content (AvgIpc) is 2.07. The van der Waals surface area contributed by atoms with E-state index in [0.29, 0.717) is 0 Å². The van der Waals surface area contributed by atoms with Crippen LogP contribution >= 0.6 is 0 Å². The molecule has 66 valence electrons. The van der Waals surface area contributed by atoms with E-state index in [9.17, 15) is 4.79 Å². The molecule has 0 aliphatic rings. The highest BCUT2D eigenvalue weighted by Gasteiger charge is 1.72. The number of carbonyl (C=O) groups excluding carboxylic acids is 1. The standard InChI is InChI=1S/C7H8.C3H7NO/c1-7-5-3-2-4-6-7;1-4(2)3-5/h2-6H,1H3;3H,1-2H3. The van der Waals surface area contributed by atoms with Crippen LogP contribution in [0.25, 0.3) is 0 Å². The van der Waals surface area contributed by atoms with Crippen LogP contribution in [-0.4, -0.2) is 25.4 Å². The van der Waals surface area contributed by atoms with Crippen molar-refractivity contribution in [3.63, 3.8) is 0 Å². The van der Waals surface area contributed by atoms with Crippen LogP contribution in [0.1, 0.15) is 5.56 Å². The van der Waals surface area contributed by atoms with Gasteiger partial charge in [-0.3, -0.25) is 4.79 Å². The fraction of sp³-hybridized carbons (Fsp3) is 0.300. The molecule has 1 aromatic rings. The zero-order valence-electron chi connectivity index (χ0n) is 7.82. The fourth-order valence-electron chi connectivity index (χ4n) is 0.534. The minimum Gasteiger partial charge on any atom is -0.351 e. The molecule has 0 N–H and O–H groups in total. The molecule has 0 unspecified atom stereocenters. The van der Waals surface area contributed by atoms with Gasteiger partial charge in [0.15, 0.2) is 0 Å². The van der Waals surface area contributed by atoms with E-state index in [0.717, 1.165) is 6.41 Å². The lowest BCUT2D eigenvalue weighted by molar-refractivity contribution is -0.115. The maximum atomic E-state index is 9.43. The van der Waals surface area contributed by atoms with E-state index in [1.165, 1.54) is 10.5 Å². The number of benzene rings is 1. The zero-order valence-corrected chi connectivity index (χ0v) is 7.82. The summed E-state index contributed by atoms with van der Waals surface area (Å²) in [5.41, 5.74) is 1.32. The lowest BCUT2D eigenvalue weighted by atomic mass is 10.2. The molecule has 0 aliphatic carbocycles. The number of hydrogen-bond donors (Lipinski definition) is 0. The predicted molar refractivity (Wildman–Crippen MR) is 50.9 cm³/mol. The van der Waals surface area contributed by atoms with Crippen LogP contribution < -0.4 is 0 Å². The summed E-state index contributed by atoms with van der Waals surface area (Å²) in [6.07, 6.45) is 0.750. The van der Waals surface area contributed by atoms with Crippen LogP contribution in [0.15, 0.2) is 30.3 Å². The third kappa shape index (κ3) is 6.81. The van der Waals surface area contributed by atoms with Crippen LogP contribution in [0.5, 0.6) is 0 Å². The molecule has 1 amide bonds. The molecule has 1 rings (SSSR count). The second kappa shape index (κ2) is 6.40. The van der Waals surface area contributed by atoms with E-state index in [2.05, 4.69) is 19.1 Å². The van der Waals surface area contributed by atoms with Crippen LogP contribution in [-0.2, 0) is 4.79 Å². The van der Waals surface area contributed by atoms with Crippen molar-refractivity contribution in [1.82, 2.24) is 4.90 Å². The van der Waals surface area contributed by atoms with Crippen molar-refractivity contribution in [3.05, 3.63) is 35.9 Å². The molecule has 1 aromatic carbocycles. The molecule has 0 atom stereocenters. The summed E-state index contributed by atoms with van der Waals surface area (Å²) in [6, 6.07) is 10.3. The summed E-state index contributed by atoms with van der Waals surface area (Å²) >= 11 is 0. The van der Waals surface area contributed by atoms with Crippen molar-refractivity contribution < 1.29 is 4.79 Å². The second-order valence-corrected chi connectivity index (χ2v) is 2.72. The monoisotopic (exact) mass is 165 g/mol. The molecular formula is C10H15NO. The Labute approximate surface area is 73.8 Å². The topological polar surface area (TPSA) is 20.3 Å². The highest BCUT2D eigenvalue weighted by atomic mass is 16.1. The highest BCUT2D eigenvalue weighted by Crippen LogP contribution is 1.92. The first kappa shape index (κ1) is 10.7. The number of aryl methyl sites for hydroxylation is 1. The third-order valence-corrected chi connectivity index (χ3v) is 1.15. The Kier molecular flexibility index (Phi) is 5.70. The maximum Gasteiger partial charge on any atom is 0.209 e. The smallest absolute Gasteiger partial charge is 0.209 e. The van der Waals surface area contributed by atoms with Crippen molar-refractivity contribution in [1.29, 1.82) is 0 Å². The summed E-state index contributed by atoms with van der Waals surface area (Å²) in [5, 5.41) is 0. The Morgan fingerprint density at radius 2 is 1.58 bits per heavy atom. The molecule has 2 heteroatoms. The van der Waals surface area contributed by atoms with Gasteiger partial charge < -0.3 is 4.90 Å². The van der Waals surface area contributed by atoms with Gasteiger partial charge in [-0.2, -0.15) is 0 Å². The number of nitrogens with zero attached hydrogens (tertiary/aromatic N) is 1. The lowest BCUT2D eigenvalue weighted by Crippen LogP contribution is -2.06. The van der Waals surface area contributed by atoms with E-state index in [1.54, 1.807) is 14.1 Å². The summed E-state index contributed by atoms with van der Waals surface area (Å²) in [4.78, 5) is 10.9. The van der Waals surface area contributed by atoms with Crippen LogP contribution in [0.3, 0.4) is 0 Å². The van der Waals surface area contributed by atoms with Crippen molar-refractivity contribution in [2.24, 2.45) is 0 Å². The Bertz CT molecular complexity index is 206. The zero-order chi connectivity index (χ0) is 9.40. The summed E-state index contributed by atoms with van der Waals surface area (Å²) < 4.78 is 0. The SMILES string of the molecule is CN(C)C=O.Cc1ccccc1. The van der Waals surface area contributed by atoms with Crippen molar-refractivity contribution >= 4 is 6.41 Å². The molecule has 0 fully saturated rings. The number of amides is 1. The van der Waals surface area contributed by atoms with E-state index >= 15 is 0 Å².